The Labute approximate surface area is 240 Å². The summed E-state index contributed by atoms with van der Waals surface area (Å²) in [4.78, 5) is 13.2. The monoisotopic (exact) mass is 581 g/mol. The second-order valence-electron chi connectivity index (χ2n) is 10.3. The van der Waals surface area contributed by atoms with Crippen LogP contribution in [-0.2, 0) is 4.74 Å². The van der Waals surface area contributed by atoms with Crippen LogP contribution in [-0.4, -0.2) is 70.0 Å². The summed E-state index contributed by atoms with van der Waals surface area (Å²) in [5.41, 5.74) is 2.64. The topological polar surface area (TPSA) is 103 Å². The molecule has 5 heterocycles. The lowest BCUT2D eigenvalue weighted by Gasteiger charge is -2.55. The van der Waals surface area contributed by atoms with Crippen LogP contribution in [0.15, 0.2) is 36.8 Å². The minimum absolute atomic E-state index is 0.0136. The van der Waals surface area contributed by atoms with Gasteiger partial charge in [-0.1, -0.05) is 23.2 Å². The average molecular weight is 582 g/mol. The van der Waals surface area contributed by atoms with Gasteiger partial charge in [-0.2, -0.15) is 10.4 Å². The molecule has 2 saturated heterocycles. The summed E-state index contributed by atoms with van der Waals surface area (Å²) in [6.45, 7) is 8.82. The zero-order valence-electron chi connectivity index (χ0n) is 21.9. The van der Waals surface area contributed by atoms with E-state index < -0.39 is 11.9 Å². The lowest BCUT2D eigenvalue weighted by Crippen LogP contribution is -2.70. The highest BCUT2D eigenvalue weighted by atomic mass is 35.5. The minimum Gasteiger partial charge on any atom is -0.483 e. The number of benzene rings is 1. The molecule has 0 aliphatic carbocycles. The summed E-state index contributed by atoms with van der Waals surface area (Å²) < 4.78 is 26.4. The molecule has 0 amide bonds. The summed E-state index contributed by atoms with van der Waals surface area (Å²) in [6, 6.07) is 6.95. The van der Waals surface area contributed by atoms with Crippen LogP contribution in [0.25, 0.3) is 22.2 Å². The number of hydrogen-bond acceptors (Lipinski definition) is 8. The molecule has 40 heavy (non-hydrogen) atoms. The summed E-state index contributed by atoms with van der Waals surface area (Å²) in [6.07, 6.45) is 3.97. The molecule has 0 bridgehead atoms. The molecule has 0 radical (unpaired) electrons. The molecule has 6 rings (SSSR count). The molecule has 206 valence electrons. The van der Waals surface area contributed by atoms with Crippen LogP contribution >= 0.6 is 23.2 Å². The van der Waals surface area contributed by atoms with Gasteiger partial charge in [-0.15, -0.1) is 0 Å². The highest BCUT2D eigenvalue weighted by Gasteiger charge is 2.45. The number of aromatic amines is 1. The molecule has 2 fully saturated rings. The van der Waals surface area contributed by atoms with Crippen molar-refractivity contribution in [2.45, 2.75) is 25.5 Å². The van der Waals surface area contributed by atoms with Gasteiger partial charge >= 0.3 is 0 Å². The zero-order valence-corrected chi connectivity index (χ0v) is 23.4. The van der Waals surface area contributed by atoms with Gasteiger partial charge in [0.15, 0.2) is 11.6 Å². The lowest BCUT2D eigenvalue weighted by atomic mass is 9.89. The van der Waals surface area contributed by atoms with E-state index in [-0.39, 0.29) is 11.3 Å². The second kappa shape index (κ2) is 10.5. The van der Waals surface area contributed by atoms with Gasteiger partial charge in [-0.3, -0.25) is 15.0 Å². The maximum atomic E-state index is 15.0. The SMILES string of the molecule is C[C@@H](Oc1cc2c(-c3cnc(N4CC(C)(N5CCOCC5)C4)c(C#N)c3)n[nH]c2cc1F)c1c(Cl)cncc1Cl. The van der Waals surface area contributed by atoms with Crippen molar-refractivity contribution in [1.29, 1.82) is 5.26 Å². The van der Waals surface area contributed by atoms with Crippen LogP contribution < -0.4 is 9.64 Å². The van der Waals surface area contributed by atoms with Crippen molar-refractivity contribution in [1.82, 2.24) is 25.1 Å². The van der Waals surface area contributed by atoms with Crippen LogP contribution in [0.4, 0.5) is 10.2 Å². The van der Waals surface area contributed by atoms with Gasteiger partial charge in [0.25, 0.3) is 0 Å². The first-order chi connectivity index (χ1) is 19.3. The van der Waals surface area contributed by atoms with E-state index >= 15 is 0 Å². The highest BCUT2D eigenvalue weighted by Crippen LogP contribution is 2.38. The Kier molecular flexibility index (Phi) is 7.00. The number of anilines is 1. The fourth-order valence-corrected chi connectivity index (χ4v) is 6.21. The van der Waals surface area contributed by atoms with Gasteiger partial charge in [0.2, 0.25) is 0 Å². The number of nitrogens with zero attached hydrogens (tertiary/aromatic N) is 6. The number of pyridine rings is 2. The maximum absolute atomic E-state index is 15.0. The second-order valence-corrected chi connectivity index (χ2v) is 11.2. The number of nitriles is 1. The molecule has 9 nitrogen and oxygen atoms in total. The lowest BCUT2D eigenvalue weighted by molar-refractivity contribution is -0.0266. The quantitative estimate of drug-likeness (QED) is 0.323. The molecule has 0 unspecified atom stereocenters. The first kappa shape index (κ1) is 26.7. The molecular formula is C28H26Cl2FN7O2. The highest BCUT2D eigenvalue weighted by molar-refractivity contribution is 6.35. The van der Waals surface area contributed by atoms with Crippen molar-refractivity contribution < 1.29 is 13.9 Å². The Morgan fingerprint density at radius 2 is 1.88 bits per heavy atom. The van der Waals surface area contributed by atoms with E-state index in [9.17, 15) is 9.65 Å². The van der Waals surface area contributed by atoms with Gasteiger partial charge in [-0.05, 0) is 26.0 Å². The van der Waals surface area contributed by atoms with Crippen molar-refractivity contribution in [3.63, 3.8) is 0 Å². The van der Waals surface area contributed by atoms with Gasteiger partial charge in [-0.25, -0.2) is 9.37 Å². The summed E-state index contributed by atoms with van der Waals surface area (Å²) in [5, 5.41) is 18.5. The Morgan fingerprint density at radius 3 is 2.58 bits per heavy atom. The first-order valence-electron chi connectivity index (χ1n) is 12.9. The van der Waals surface area contributed by atoms with Crippen molar-refractivity contribution in [3.05, 3.63) is 63.8 Å². The first-order valence-corrected chi connectivity index (χ1v) is 13.6. The van der Waals surface area contributed by atoms with Gasteiger partial charge in [0.1, 0.15) is 23.7 Å². The molecule has 1 aromatic carbocycles. The van der Waals surface area contributed by atoms with Crippen LogP contribution in [0.5, 0.6) is 5.75 Å². The van der Waals surface area contributed by atoms with E-state index in [0.29, 0.717) is 49.2 Å². The third-order valence-electron chi connectivity index (χ3n) is 7.61. The van der Waals surface area contributed by atoms with Gasteiger partial charge in [0.05, 0.1) is 39.9 Å². The number of nitrogens with one attached hydrogen (secondary N) is 1. The predicted octanol–water partition coefficient (Wildman–Crippen LogP) is 5.39. The largest absolute Gasteiger partial charge is 0.483 e. The van der Waals surface area contributed by atoms with Crippen molar-refractivity contribution in [3.8, 4) is 23.1 Å². The minimum atomic E-state index is -0.642. The number of fused-ring (bicyclic) bond motifs is 1. The third-order valence-corrected chi connectivity index (χ3v) is 8.22. The Morgan fingerprint density at radius 1 is 1.15 bits per heavy atom. The van der Waals surface area contributed by atoms with Crippen LogP contribution in [0.3, 0.4) is 0 Å². The molecule has 2 aliphatic heterocycles. The standard InChI is InChI=1S/C28H26Cl2FN7O2/c1-16(25-20(29)12-33-13-21(25)30)40-24-8-19-23(9-22(24)31)35-36-26(19)18-7-17(10-32)27(34-11-18)37-14-28(2,15-37)38-3-5-39-6-4-38/h7-9,11-13,16H,3-6,14-15H2,1-2H3,(H,35,36)/t16-/m1/s1. The van der Waals surface area contributed by atoms with Gasteiger partial charge < -0.3 is 14.4 Å². The van der Waals surface area contributed by atoms with Crippen molar-refractivity contribution >= 4 is 39.9 Å². The number of morpholine rings is 1. The summed E-state index contributed by atoms with van der Waals surface area (Å²) in [7, 11) is 0. The molecule has 1 atom stereocenters. The number of ether oxygens (including phenoxy) is 2. The Hall–Kier alpha value is -3.49. The van der Waals surface area contributed by atoms with Crippen molar-refractivity contribution in [2.24, 2.45) is 0 Å². The molecule has 4 aromatic rings. The van der Waals surface area contributed by atoms with E-state index in [0.717, 1.165) is 39.4 Å². The zero-order chi connectivity index (χ0) is 28.0. The molecule has 0 saturated carbocycles. The number of halogens is 3. The number of hydrogen-bond donors (Lipinski definition) is 1. The summed E-state index contributed by atoms with van der Waals surface area (Å²) in [5.74, 6) is 0.0922. The third kappa shape index (κ3) is 4.73. The fourth-order valence-electron chi connectivity index (χ4n) is 5.54. The van der Waals surface area contributed by atoms with Crippen LogP contribution in [0.2, 0.25) is 10.0 Å². The fraction of sp³-hybridized carbons (Fsp3) is 0.357. The molecular weight excluding hydrogens is 556 g/mol. The Balaban J connectivity index is 1.27. The van der Waals surface area contributed by atoms with Gasteiger partial charge in [0, 0.05) is 67.3 Å². The van der Waals surface area contributed by atoms with E-state index in [1.54, 1.807) is 25.3 Å². The van der Waals surface area contributed by atoms with E-state index in [4.69, 9.17) is 32.7 Å². The Bertz CT molecular complexity index is 1610. The molecule has 1 N–H and O–H groups in total. The average Bonchev–Trinajstić information content (AvgIpc) is 3.34. The molecule has 12 heteroatoms. The van der Waals surface area contributed by atoms with Crippen LogP contribution in [0.1, 0.15) is 31.1 Å². The number of rotatable bonds is 6. The van der Waals surface area contributed by atoms with E-state index in [1.807, 2.05) is 0 Å². The van der Waals surface area contributed by atoms with E-state index in [2.05, 4.69) is 43.0 Å². The molecule has 2 aliphatic rings. The molecule has 3 aromatic heterocycles. The number of aromatic nitrogens is 4. The smallest absolute Gasteiger partial charge is 0.167 e. The maximum Gasteiger partial charge on any atom is 0.167 e. The number of H-pyrrole nitrogens is 1. The van der Waals surface area contributed by atoms with Crippen LogP contribution in [0, 0.1) is 17.1 Å². The molecule has 0 spiro atoms. The normalized spacial score (nSPS) is 17.9. The predicted molar refractivity (Wildman–Crippen MR) is 150 cm³/mol. The summed E-state index contributed by atoms with van der Waals surface area (Å²) >= 11 is 12.5. The van der Waals surface area contributed by atoms with Crippen molar-refractivity contribution in [2.75, 3.05) is 44.3 Å². The van der Waals surface area contributed by atoms with E-state index in [1.165, 1.54) is 18.5 Å².